The molecule has 23 heavy (non-hydrogen) atoms. The van der Waals surface area contributed by atoms with E-state index in [1.165, 1.54) is 6.20 Å². The standard InChI is InChI=1S/C16H15FN2O4/c17-12-5-10-13(6-14(12)18-3-4-23-8-18)19(9-1-2-9)7-11(15(10)20)16(21)22/h5-7,9H,1-4,8H2,(H,21,22). The van der Waals surface area contributed by atoms with E-state index in [0.717, 1.165) is 18.9 Å². The van der Waals surface area contributed by atoms with Gasteiger partial charge in [-0.1, -0.05) is 0 Å². The van der Waals surface area contributed by atoms with Gasteiger partial charge in [0.2, 0.25) is 5.43 Å². The zero-order valence-corrected chi connectivity index (χ0v) is 12.3. The van der Waals surface area contributed by atoms with Crippen LogP contribution in [0.5, 0.6) is 0 Å². The molecule has 120 valence electrons. The van der Waals surface area contributed by atoms with Crippen molar-refractivity contribution in [3.63, 3.8) is 0 Å². The number of carboxylic acids is 1. The number of ether oxygens (including phenoxy) is 1. The predicted molar refractivity (Wildman–Crippen MR) is 81.6 cm³/mol. The van der Waals surface area contributed by atoms with E-state index < -0.39 is 17.2 Å². The lowest BCUT2D eigenvalue weighted by atomic mass is 10.1. The Hall–Kier alpha value is -2.41. The molecule has 2 fully saturated rings. The lowest BCUT2D eigenvalue weighted by Crippen LogP contribution is -2.22. The molecule has 1 saturated heterocycles. The Morgan fingerprint density at radius 3 is 2.74 bits per heavy atom. The molecular formula is C16H15FN2O4. The van der Waals surface area contributed by atoms with E-state index >= 15 is 0 Å². The molecular weight excluding hydrogens is 303 g/mol. The Labute approximate surface area is 130 Å². The minimum atomic E-state index is -1.29. The average molecular weight is 318 g/mol. The normalized spacial score (nSPS) is 17.9. The number of hydrogen-bond donors (Lipinski definition) is 1. The van der Waals surface area contributed by atoms with Crippen LogP contribution in [-0.2, 0) is 4.74 Å². The van der Waals surface area contributed by atoms with Crippen LogP contribution in [0.25, 0.3) is 10.9 Å². The van der Waals surface area contributed by atoms with Gasteiger partial charge in [0.1, 0.15) is 18.1 Å². The third kappa shape index (κ3) is 2.28. The average Bonchev–Trinajstić information content (AvgIpc) is 3.21. The van der Waals surface area contributed by atoms with E-state index in [4.69, 9.17) is 4.74 Å². The van der Waals surface area contributed by atoms with E-state index in [2.05, 4.69) is 0 Å². The molecule has 1 aliphatic carbocycles. The molecule has 1 N–H and O–H groups in total. The fraction of sp³-hybridized carbons (Fsp3) is 0.375. The maximum Gasteiger partial charge on any atom is 0.341 e. The van der Waals surface area contributed by atoms with E-state index in [1.807, 2.05) is 0 Å². The topological polar surface area (TPSA) is 71.8 Å². The Bertz CT molecular complexity index is 866. The summed E-state index contributed by atoms with van der Waals surface area (Å²) in [5.74, 6) is -1.83. The van der Waals surface area contributed by atoms with E-state index in [-0.39, 0.29) is 17.0 Å². The number of nitrogens with zero attached hydrogens (tertiary/aromatic N) is 2. The van der Waals surface area contributed by atoms with Crippen molar-refractivity contribution in [2.45, 2.75) is 18.9 Å². The number of fused-ring (bicyclic) bond motifs is 1. The minimum absolute atomic E-state index is 0.109. The van der Waals surface area contributed by atoms with Crippen LogP contribution in [0.4, 0.5) is 10.1 Å². The third-order valence-corrected chi connectivity index (χ3v) is 4.36. The summed E-state index contributed by atoms with van der Waals surface area (Å²) in [4.78, 5) is 25.4. The van der Waals surface area contributed by atoms with E-state index in [0.29, 0.717) is 31.1 Å². The molecule has 7 heteroatoms. The minimum Gasteiger partial charge on any atom is -0.477 e. The molecule has 0 unspecified atom stereocenters. The van der Waals surface area contributed by atoms with Crippen molar-refractivity contribution in [1.82, 2.24) is 4.57 Å². The fourth-order valence-electron chi connectivity index (χ4n) is 3.01. The fourth-order valence-corrected chi connectivity index (χ4v) is 3.01. The van der Waals surface area contributed by atoms with Gasteiger partial charge in [-0.05, 0) is 25.0 Å². The van der Waals surface area contributed by atoms with E-state index in [1.54, 1.807) is 15.5 Å². The highest BCUT2D eigenvalue weighted by atomic mass is 19.1. The number of pyridine rings is 1. The Balaban J connectivity index is 2.00. The predicted octanol–water partition coefficient (Wildman–Crippen LogP) is 1.97. The lowest BCUT2D eigenvalue weighted by molar-refractivity contribution is 0.0695. The van der Waals surface area contributed by atoms with Crippen LogP contribution in [0.15, 0.2) is 23.1 Å². The molecule has 0 bridgehead atoms. The first-order chi connectivity index (χ1) is 11.1. The first kappa shape index (κ1) is 14.2. The largest absolute Gasteiger partial charge is 0.477 e. The highest BCUT2D eigenvalue weighted by Gasteiger charge is 2.28. The monoisotopic (exact) mass is 318 g/mol. The van der Waals surface area contributed by atoms with Gasteiger partial charge in [0.15, 0.2) is 0 Å². The van der Waals surface area contributed by atoms with Crippen LogP contribution in [0, 0.1) is 5.82 Å². The molecule has 0 atom stereocenters. The number of aromatic carboxylic acids is 1. The van der Waals surface area contributed by atoms with Gasteiger partial charge >= 0.3 is 5.97 Å². The number of benzene rings is 1. The molecule has 1 aromatic carbocycles. The second kappa shape index (κ2) is 5.06. The van der Waals surface area contributed by atoms with Crippen LogP contribution >= 0.6 is 0 Å². The maximum atomic E-state index is 14.4. The number of hydrogen-bond acceptors (Lipinski definition) is 4. The summed E-state index contributed by atoms with van der Waals surface area (Å²) in [6, 6.07) is 2.95. The van der Waals surface area contributed by atoms with Crippen LogP contribution in [0.3, 0.4) is 0 Å². The SMILES string of the molecule is O=C(O)c1cn(C2CC2)c2cc(N3CCOC3)c(F)cc2c1=O. The Morgan fingerprint density at radius 2 is 2.13 bits per heavy atom. The second-order valence-corrected chi connectivity index (χ2v) is 5.94. The van der Waals surface area contributed by atoms with Crippen molar-refractivity contribution in [3.8, 4) is 0 Å². The van der Waals surface area contributed by atoms with Crippen molar-refractivity contribution in [2.24, 2.45) is 0 Å². The zero-order valence-electron chi connectivity index (χ0n) is 12.3. The number of rotatable bonds is 3. The Morgan fingerprint density at radius 1 is 1.35 bits per heavy atom. The molecule has 0 spiro atoms. The summed E-state index contributed by atoms with van der Waals surface area (Å²) in [5.41, 5.74) is -0.00810. The Kier molecular flexibility index (Phi) is 3.12. The highest BCUT2D eigenvalue weighted by molar-refractivity contribution is 5.93. The van der Waals surface area contributed by atoms with Gasteiger partial charge in [-0.15, -0.1) is 0 Å². The van der Waals surface area contributed by atoms with Crippen molar-refractivity contribution in [1.29, 1.82) is 0 Å². The van der Waals surface area contributed by atoms with Gasteiger partial charge in [-0.2, -0.15) is 0 Å². The number of carboxylic acid groups (broad SMARTS) is 1. The maximum absolute atomic E-state index is 14.4. The zero-order chi connectivity index (χ0) is 16.1. The molecule has 0 radical (unpaired) electrons. The van der Waals surface area contributed by atoms with Crippen molar-refractivity contribution in [2.75, 3.05) is 24.8 Å². The van der Waals surface area contributed by atoms with Gasteiger partial charge in [0.25, 0.3) is 0 Å². The van der Waals surface area contributed by atoms with Gasteiger partial charge in [0, 0.05) is 24.2 Å². The van der Waals surface area contributed by atoms with Gasteiger partial charge in [0.05, 0.1) is 17.8 Å². The summed E-state index contributed by atoms with van der Waals surface area (Å²) in [5, 5.41) is 9.33. The van der Waals surface area contributed by atoms with Crippen LogP contribution in [-0.4, -0.2) is 35.5 Å². The third-order valence-electron chi connectivity index (χ3n) is 4.36. The second-order valence-electron chi connectivity index (χ2n) is 5.94. The number of halogens is 1. The smallest absolute Gasteiger partial charge is 0.341 e. The molecule has 2 aliphatic rings. The van der Waals surface area contributed by atoms with Gasteiger partial charge in [-0.25, -0.2) is 9.18 Å². The summed E-state index contributed by atoms with van der Waals surface area (Å²) < 4.78 is 21.5. The molecule has 4 rings (SSSR count). The van der Waals surface area contributed by atoms with Gasteiger partial charge in [-0.3, -0.25) is 4.79 Å². The summed E-state index contributed by atoms with van der Waals surface area (Å²) in [7, 11) is 0. The lowest BCUT2D eigenvalue weighted by Gasteiger charge is -2.19. The van der Waals surface area contributed by atoms with Crippen LogP contribution < -0.4 is 10.3 Å². The van der Waals surface area contributed by atoms with Crippen molar-refractivity contribution in [3.05, 3.63) is 39.9 Å². The molecule has 1 saturated carbocycles. The van der Waals surface area contributed by atoms with Crippen LogP contribution in [0.1, 0.15) is 29.2 Å². The molecule has 1 aromatic heterocycles. The first-order valence-corrected chi connectivity index (χ1v) is 7.50. The molecule has 2 heterocycles. The summed E-state index contributed by atoms with van der Waals surface area (Å²) in [6.07, 6.45) is 3.24. The molecule has 2 aromatic rings. The molecule has 0 amide bonds. The van der Waals surface area contributed by atoms with Crippen molar-refractivity contribution >= 4 is 22.6 Å². The molecule has 6 nitrogen and oxygen atoms in total. The summed E-state index contributed by atoms with van der Waals surface area (Å²) in [6.45, 7) is 1.43. The highest BCUT2D eigenvalue weighted by Crippen LogP contribution is 2.38. The van der Waals surface area contributed by atoms with E-state index in [9.17, 15) is 19.1 Å². The first-order valence-electron chi connectivity index (χ1n) is 7.50. The quantitative estimate of drug-likeness (QED) is 0.937. The number of aromatic nitrogens is 1. The molecule has 1 aliphatic heterocycles. The van der Waals surface area contributed by atoms with Crippen LogP contribution in [0.2, 0.25) is 0 Å². The van der Waals surface area contributed by atoms with Crippen molar-refractivity contribution < 1.29 is 19.0 Å². The van der Waals surface area contributed by atoms with Gasteiger partial charge < -0.3 is 19.3 Å². The summed E-state index contributed by atoms with van der Waals surface area (Å²) >= 11 is 0. The number of anilines is 1. The number of carbonyl (C=O) groups is 1.